The minimum Gasteiger partial charge on any atom is -0.505 e. The van der Waals surface area contributed by atoms with Crippen LogP contribution in [0.15, 0.2) is 41.7 Å². The molecule has 3 rings (SSSR count). The van der Waals surface area contributed by atoms with Crippen LogP contribution in [0.2, 0.25) is 0 Å². The number of fused-ring (bicyclic) bond motifs is 1. The molecule has 0 aliphatic rings. The first-order valence-corrected chi connectivity index (χ1v) is 7.96. The number of aromatic hydroxyl groups is 1. The normalized spacial score (nSPS) is 13.0. The van der Waals surface area contributed by atoms with Gasteiger partial charge >= 0.3 is 0 Å². The van der Waals surface area contributed by atoms with Crippen LogP contribution in [0.25, 0.3) is 10.9 Å². The Balaban J connectivity index is 1.81. The maximum atomic E-state index is 10.2. The molecule has 1 aromatic carbocycles. The summed E-state index contributed by atoms with van der Waals surface area (Å²) < 4.78 is 0. The molecule has 5 heteroatoms. The van der Waals surface area contributed by atoms with Crippen LogP contribution in [0.1, 0.15) is 29.3 Å². The van der Waals surface area contributed by atoms with E-state index in [4.69, 9.17) is 0 Å². The molecule has 0 aliphatic heterocycles. The molecule has 0 saturated carbocycles. The SMILES string of the molecule is Cc1ncc(CO)c(C=N[C@@H](C)Cc2c[nH]c3ccccc23)c1O. The smallest absolute Gasteiger partial charge is 0.145 e. The van der Waals surface area contributed by atoms with Gasteiger partial charge in [0.2, 0.25) is 0 Å². The predicted molar refractivity (Wildman–Crippen MR) is 95.6 cm³/mol. The van der Waals surface area contributed by atoms with Crippen molar-refractivity contribution in [2.45, 2.75) is 32.9 Å². The summed E-state index contributed by atoms with van der Waals surface area (Å²) in [5, 5.41) is 20.8. The highest BCUT2D eigenvalue weighted by molar-refractivity contribution is 5.86. The lowest BCUT2D eigenvalue weighted by Crippen LogP contribution is -2.05. The Morgan fingerprint density at radius 3 is 2.88 bits per heavy atom. The van der Waals surface area contributed by atoms with Gasteiger partial charge in [-0.1, -0.05) is 18.2 Å². The Labute approximate surface area is 140 Å². The van der Waals surface area contributed by atoms with E-state index in [2.05, 4.69) is 27.1 Å². The van der Waals surface area contributed by atoms with Gasteiger partial charge in [-0.15, -0.1) is 0 Å². The molecule has 0 saturated heterocycles. The fourth-order valence-electron chi connectivity index (χ4n) is 2.80. The zero-order chi connectivity index (χ0) is 17.1. The van der Waals surface area contributed by atoms with Gasteiger partial charge in [0.25, 0.3) is 0 Å². The molecule has 124 valence electrons. The molecular weight excluding hydrogens is 302 g/mol. The van der Waals surface area contributed by atoms with Crippen LogP contribution < -0.4 is 0 Å². The monoisotopic (exact) mass is 323 g/mol. The predicted octanol–water partition coefficient (Wildman–Crippen LogP) is 3.12. The number of pyridine rings is 1. The van der Waals surface area contributed by atoms with Gasteiger partial charge in [0.1, 0.15) is 5.75 Å². The fraction of sp³-hybridized carbons (Fsp3) is 0.263. The lowest BCUT2D eigenvalue weighted by Gasteiger charge is -2.09. The summed E-state index contributed by atoms with van der Waals surface area (Å²) in [5.41, 5.74) is 3.97. The molecular formula is C19H21N3O2. The number of aliphatic imine (C=N–C) groups is 1. The van der Waals surface area contributed by atoms with Gasteiger partial charge in [0.15, 0.2) is 0 Å². The maximum Gasteiger partial charge on any atom is 0.145 e. The van der Waals surface area contributed by atoms with Crippen LogP contribution >= 0.6 is 0 Å². The average molecular weight is 323 g/mol. The third kappa shape index (κ3) is 3.16. The summed E-state index contributed by atoms with van der Waals surface area (Å²) in [6.07, 6.45) is 6.01. The van der Waals surface area contributed by atoms with E-state index < -0.39 is 0 Å². The number of aliphatic hydroxyl groups excluding tert-OH is 1. The Bertz CT molecular complexity index is 883. The third-order valence-corrected chi connectivity index (χ3v) is 4.18. The number of hydrogen-bond donors (Lipinski definition) is 3. The van der Waals surface area contributed by atoms with E-state index in [1.54, 1.807) is 19.3 Å². The number of aromatic nitrogens is 2. The largest absolute Gasteiger partial charge is 0.505 e. The van der Waals surface area contributed by atoms with Crippen LogP contribution in [0, 0.1) is 6.92 Å². The molecule has 0 radical (unpaired) electrons. The molecule has 0 amide bonds. The van der Waals surface area contributed by atoms with Crippen molar-refractivity contribution in [3.8, 4) is 5.75 Å². The van der Waals surface area contributed by atoms with Gasteiger partial charge in [-0.3, -0.25) is 9.98 Å². The molecule has 0 aliphatic carbocycles. The number of benzene rings is 1. The quantitative estimate of drug-likeness (QED) is 0.631. The minimum absolute atomic E-state index is 0.0450. The van der Waals surface area contributed by atoms with E-state index in [1.165, 1.54) is 10.9 Å². The number of nitrogens with zero attached hydrogens (tertiary/aromatic N) is 2. The van der Waals surface area contributed by atoms with Gasteiger partial charge in [-0.2, -0.15) is 0 Å². The van der Waals surface area contributed by atoms with Gasteiger partial charge in [-0.25, -0.2) is 0 Å². The highest BCUT2D eigenvalue weighted by atomic mass is 16.3. The van der Waals surface area contributed by atoms with Crippen LogP contribution in [0.4, 0.5) is 0 Å². The van der Waals surface area contributed by atoms with E-state index in [9.17, 15) is 10.2 Å². The number of hydrogen-bond acceptors (Lipinski definition) is 4. The van der Waals surface area contributed by atoms with Crippen molar-refractivity contribution in [2.75, 3.05) is 0 Å². The number of rotatable bonds is 5. The van der Waals surface area contributed by atoms with Gasteiger partial charge in [0, 0.05) is 40.6 Å². The number of H-pyrrole nitrogens is 1. The van der Waals surface area contributed by atoms with Gasteiger partial charge < -0.3 is 15.2 Å². The van der Waals surface area contributed by atoms with Crippen LogP contribution in [-0.2, 0) is 13.0 Å². The van der Waals surface area contributed by atoms with Crippen LogP contribution in [-0.4, -0.2) is 32.4 Å². The molecule has 0 spiro atoms. The first kappa shape index (κ1) is 16.2. The van der Waals surface area contributed by atoms with Gasteiger partial charge in [0.05, 0.1) is 18.3 Å². The summed E-state index contributed by atoms with van der Waals surface area (Å²) in [6.45, 7) is 3.57. The van der Waals surface area contributed by atoms with Crippen molar-refractivity contribution >= 4 is 17.1 Å². The Hall–Kier alpha value is -2.66. The Morgan fingerprint density at radius 1 is 1.29 bits per heavy atom. The molecule has 24 heavy (non-hydrogen) atoms. The molecule has 0 unspecified atom stereocenters. The summed E-state index contributed by atoms with van der Waals surface area (Å²) in [4.78, 5) is 11.9. The second kappa shape index (κ2) is 6.84. The number of aromatic amines is 1. The zero-order valence-electron chi connectivity index (χ0n) is 13.8. The number of nitrogens with one attached hydrogen (secondary N) is 1. The van der Waals surface area contributed by atoms with Crippen molar-refractivity contribution in [1.82, 2.24) is 9.97 Å². The van der Waals surface area contributed by atoms with Crippen molar-refractivity contribution in [3.63, 3.8) is 0 Å². The first-order chi connectivity index (χ1) is 11.6. The zero-order valence-corrected chi connectivity index (χ0v) is 13.8. The van der Waals surface area contributed by atoms with Crippen LogP contribution in [0.5, 0.6) is 5.75 Å². The van der Waals surface area contributed by atoms with E-state index in [-0.39, 0.29) is 18.4 Å². The highest BCUT2D eigenvalue weighted by Crippen LogP contribution is 2.23. The lowest BCUT2D eigenvalue weighted by atomic mass is 10.1. The summed E-state index contributed by atoms with van der Waals surface area (Å²) in [6, 6.07) is 8.23. The molecule has 2 heterocycles. The summed E-state index contributed by atoms with van der Waals surface area (Å²) in [7, 11) is 0. The molecule has 1 atom stereocenters. The number of aliphatic hydroxyl groups is 1. The van der Waals surface area contributed by atoms with E-state index in [0.717, 1.165) is 11.9 Å². The molecule has 3 aromatic rings. The van der Waals surface area contributed by atoms with Crippen molar-refractivity contribution < 1.29 is 10.2 Å². The molecule has 5 nitrogen and oxygen atoms in total. The van der Waals surface area contributed by atoms with E-state index in [1.807, 2.05) is 25.3 Å². The molecule has 3 N–H and O–H groups in total. The van der Waals surface area contributed by atoms with Crippen molar-refractivity contribution in [1.29, 1.82) is 0 Å². The number of para-hydroxylation sites is 1. The van der Waals surface area contributed by atoms with Crippen molar-refractivity contribution in [3.05, 3.63) is 59.0 Å². The molecule has 2 aromatic heterocycles. The maximum absolute atomic E-state index is 10.2. The minimum atomic E-state index is -0.182. The summed E-state index contributed by atoms with van der Waals surface area (Å²) in [5.74, 6) is 0.0737. The Morgan fingerprint density at radius 2 is 2.08 bits per heavy atom. The standard InChI is InChI=1S/C19H21N3O2/c1-12(7-14-8-22-18-6-4-3-5-16(14)18)20-10-17-15(11-23)9-21-13(2)19(17)24/h3-6,8-10,12,22-24H,7,11H2,1-2H3/t12-/m0/s1. The average Bonchev–Trinajstić information content (AvgIpc) is 2.99. The topological polar surface area (TPSA) is 81.5 Å². The Kier molecular flexibility index (Phi) is 4.62. The third-order valence-electron chi connectivity index (χ3n) is 4.18. The van der Waals surface area contributed by atoms with Crippen LogP contribution in [0.3, 0.4) is 0 Å². The fourth-order valence-corrected chi connectivity index (χ4v) is 2.80. The lowest BCUT2D eigenvalue weighted by molar-refractivity contribution is 0.280. The van der Waals surface area contributed by atoms with E-state index in [0.29, 0.717) is 16.8 Å². The first-order valence-electron chi connectivity index (χ1n) is 7.96. The van der Waals surface area contributed by atoms with E-state index >= 15 is 0 Å². The number of aryl methyl sites for hydroxylation is 1. The second-order valence-corrected chi connectivity index (χ2v) is 5.98. The molecule has 0 bridgehead atoms. The molecule has 0 fully saturated rings. The van der Waals surface area contributed by atoms with Gasteiger partial charge in [-0.05, 0) is 31.9 Å². The highest BCUT2D eigenvalue weighted by Gasteiger charge is 2.11. The second-order valence-electron chi connectivity index (χ2n) is 5.98. The summed E-state index contributed by atoms with van der Waals surface area (Å²) >= 11 is 0. The van der Waals surface area contributed by atoms with Crippen molar-refractivity contribution in [2.24, 2.45) is 4.99 Å².